The molecule has 1 aliphatic rings. The molecule has 1 rings (SSSR count). The summed E-state index contributed by atoms with van der Waals surface area (Å²) in [6.07, 6.45) is 5.12. The van der Waals surface area contributed by atoms with Crippen molar-refractivity contribution in [1.29, 1.82) is 0 Å². The Morgan fingerprint density at radius 3 is 2.94 bits per heavy atom. The third kappa shape index (κ3) is 6.03. The van der Waals surface area contributed by atoms with Crippen LogP contribution in [0.3, 0.4) is 0 Å². The Labute approximate surface area is 104 Å². The summed E-state index contributed by atoms with van der Waals surface area (Å²) in [7, 11) is 1.66. The first-order chi connectivity index (χ1) is 8.11. The molecule has 0 saturated heterocycles. The van der Waals surface area contributed by atoms with Crippen LogP contribution in [-0.4, -0.2) is 32.2 Å². The first-order valence-corrected chi connectivity index (χ1v) is 6.63. The number of hydrogen-bond donors (Lipinski definition) is 2. The average molecular weight is 242 g/mol. The van der Waals surface area contributed by atoms with E-state index in [-0.39, 0.29) is 11.8 Å². The Morgan fingerprint density at radius 1 is 1.53 bits per heavy atom. The minimum absolute atomic E-state index is 0.133. The Bertz CT molecular complexity index is 233. The molecule has 0 aromatic carbocycles. The second-order valence-electron chi connectivity index (χ2n) is 5.36. The van der Waals surface area contributed by atoms with Crippen LogP contribution in [0.5, 0.6) is 0 Å². The number of nitrogens with two attached hydrogens (primary N) is 1. The fourth-order valence-electron chi connectivity index (χ4n) is 2.51. The lowest BCUT2D eigenvalue weighted by atomic mass is 9.86. The molecule has 4 nitrogen and oxygen atoms in total. The minimum Gasteiger partial charge on any atom is -0.384 e. The monoisotopic (exact) mass is 242 g/mol. The third-order valence-electron chi connectivity index (χ3n) is 3.40. The first kappa shape index (κ1) is 14.5. The molecule has 0 aromatic heterocycles. The van der Waals surface area contributed by atoms with Gasteiger partial charge in [-0.15, -0.1) is 0 Å². The molecule has 3 N–H and O–H groups in total. The van der Waals surface area contributed by atoms with Crippen molar-refractivity contribution in [2.45, 2.75) is 45.1 Å². The summed E-state index contributed by atoms with van der Waals surface area (Å²) in [5.74, 6) is 0.989. The zero-order valence-corrected chi connectivity index (χ0v) is 11.1. The van der Waals surface area contributed by atoms with Crippen molar-refractivity contribution in [3.05, 3.63) is 0 Å². The number of hydrogen-bond acceptors (Lipinski definition) is 3. The lowest BCUT2D eigenvalue weighted by molar-refractivity contribution is -0.122. The van der Waals surface area contributed by atoms with Gasteiger partial charge in [0.15, 0.2) is 0 Å². The maximum absolute atomic E-state index is 11.7. The molecule has 3 unspecified atom stereocenters. The molecule has 0 aliphatic heterocycles. The van der Waals surface area contributed by atoms with Crippen LogP contribution in [0.15, 0.2) is 0 Å². The van der Waals surface area contributed by atoms with Gasteiger partial charge in [-0.1, -0.05) is 13.3 Å². The van der Waals surface area contributed by atoms with Crippen LogP contribution in [-0.2, 0) is 9.53 Å². The Morgan fingerprint density at radius 2 is 2.29 bits per heavy atom. The van der Waals surface area contributed by atoms with Crippen LogP contribution in [0.1, 0.15) is 39.0 Å². The maximum atomic E-state index is 11.7. The van der Waals surface area contributed by atoms with Gasteiger partial charge in [-0.25, -0.2) is 0 Å². The number of carbonyl (C=O) groups excluding carboxylic acids is 1. The summed E-state index contributed by atoms with van der Waals surface area (Å²) in [4.78, 5) is 11.7. The molecular weight excluding hydrogens is 216 g/mol. The SMILES string of the molecule is COCC(C)CC(=O)NCC1CCCC(N)C1. The topological polar surface area (TPSA) is 64.3 Å². The van der Waals surface area contributed by atoms with Crippen molar-refractivity contribution >= 4 is 5.91 Å². The maximum Gasteiger partial charge on any atom is 0.220 e. The summed E-state index contributed by atoms with van der Waals surface area (Å²) in [6, 6.07) is 0.332. The predicted molar refractivity (Wildman–Crippen MR) is 68.6 cm³/mol. The largest absolute Gasteiger partial charge is 0.384 e. The van der Waals surface area contributed by atoms with Gasteiger partial charge >= 0.3 is 0 Å². The zero-order chi connectivity index (χ0) is 12.7. The van der Waals surface area contributed by atoms with E-state index in [1.54, 1.807) is 7.11 Å². The van der Waals surface area contributed by atoms with E-state index >= 15 is 0 Å². The fourth-order valence-corrected chi connectivity index (χ4v) is 2.51. The standard InChI is InChI=1S/C13H26N2O2/c1-10(9-17-2)6-13(16)15-8-11-4-3-5-12(14)7-11/h10-12H,3-9,14H2,1-2H3,(H,15,16). The van der Waals surface area contributed by atoms with Gasteiger partial charge in [0.1, 0.15) is 0 Å². The zero-order valence-electron chi connectivity index (χ0n) is 11.1. The summed E-state index contributed by atoms with van der Waals surface area (Å²) in [5, 5.41) is 3.01. The molecule has 0 spiro atoms. The van der Waals surface area contributed by atoms with Gasteiger partial charge in [0.25, 0.3) is 0 Å². The molecule has 3 atom stereocenters. The molecule has 4 heteroatoms. The van der Waals surface area contributed by atoms with Gasteiger partial charge in [-0.2, -0.15) is 0 Å². The Hall–Kier alpha value is -0.610. The highest BCUT2D eigenvalue weighted by Gasteiger charge is 2.19. The first-order valence-electron chi connectivity index (χ1n) is 6.63. The van der Waals surface area contributed by atoms with Crippen LogP contribution in [0.25, 0.3) is 0 Å². The average Bonchev–Trinajstić information content (AvgIpc) is 2.27. The van der Waals surface area contributed by atoms with E-state index in [0.29, 0.717) is 25.0 Å². The molecule has 0 radical (unpaired) electrons. The van der Waals surface area contributed by atoms with Crippen LogP contribution in [0.2, 0.25) is 0 Å². The number of amides is 1. The second-order valence-corrected chi connectivity index (χ2v) is 5.36. The van der Waals surface area contributed by atoms with Crippen molar-refractivity contribution in [2.75, 3.05) is 20.3 Å². The summed E-state index contributed by atoms with van der Waals surface area (Å²) in [5.41, 5.74) is 5.92. The van der Waals surface area contributed by atoms with E-state index in [2.05, 4.69) is 5.32 Å². The minimum atomic E-state index is 0.133. The van der Waals surface area contributed by atoms with E-state index in [9.17, 15) is 4.79 Å². The van der Waals surface area contributed by atoms with E-state index in [0.717, 1.165) is 19.4 Å². The summed E-state index contributed by atoms with van der Waals surface area (Å²) < 4.78 is 5.02. The molecule has 100 valence electrons. The van der Waals surface area contributed by atoms with Gasteiger partial charge in [-0.3, -0.25) is 4.79 Å². The number of ether oxygens (including phenoxy) is 1. The van der Waals surface area contributed by atoms with E-state index in [1.165, 1.54) is 12.8 Å². The van der Waals surface area contributed by atoms with Crippen LogP contribution in [0, 0.1) is 11.8 Å². The van der Waals surface area contributed by atoms with Gasteiger partial charge in [0.05, 0.1) is 0 Å². The fraction of sp³-hybridized carbons (Fsp3) is 0.923. The lowest BCUT2D eigenvalue weighted by Crippen LogP contribution is -2.36. The third-order valence-corrected chi connectivity index (χ3v) is 3.40. The van der Waals surface area contributed by atoms with Gasteiger partial charge in [0.2, 0.25) is 5.91 Å². The van der Waals surface area contributed by atoms with Gasteiger partial charge < -0.3 is 15.8 Å². The van der Waals surface area contributed by atoms with Gasteiger partial charge in [-0.05, 0) is 31.1 Å². The molecule has 1 amide bonds. The number of methoxy groups -OCH3 is 1. The number of rotatable bonds is 6. The molecule has 1 aliphatic carbocycles. The van der Waals surface area contributed by atoms with E-state index in [1.807, 2.05) is 6.92 Å². The van der Waals surface area contributed by atoms with Crippen molar-refractivity contribution in [2.24, 2.45) is 17.6 Å². The van der Waals surface area contributed by atoms with Crippen LogP contribution in [0.4, 0.5) is 0 Å². The van der Waals surface area contributed by atoms with E-state index in [4.69, 9.17) is 10.5 Å². The number of carbonyl (C=O) groups is 1. The van der Waals surface area contributed by atoms with Gasteiger partial charge in [0, 0.05) is 32.7 Å². The van der Waals surface area contributed by atoms with Crippen molar-refractivity contribution in [1.82, 2.24) is 5.32 Å². The molecule has 0 aromatic rings. The number of nitrogens with one attached hydrogen (secondary N) is 1. The smallest absolute Gasteiger partial charge is 0.220 e. The second kappa shape index (κ2) is 7.67. The Kier molecular flexibility index (Phi) is 6.52. The van der Waals surface area contributed by atoms with Crippen LogP contribution >= 0.6 is 0 Å². The molecule has 1 saturated carbocycles. The lowest BCUT2D eigenvalue weighted by Gasteiger charge is -2.26. The molecular formula is C13H26N2O2. The quantitative estimate of drug-likeness (QED) is 0.737. The molecule has 1 fully saturated rings. The summed E-state index contributed by atoms with van der Waals surface area (Å²) in [6.45, 7) is 3.45. The highest BCUT2D eigenvalue weighted by Crippen LogP contribution is 2.22. The van der Waals surface area contributed by atoms with Crippen molar-refractivity contribution in [3.63, 3.8) is 0 Å². The normalized spacial score (nSPS) is 26.5. The molecule has 0 heterocycles. The highest BCUT2D eigenvalue weighted by atomic mass is 16.5. The highest BCUT2D eigenvalue weighted by molar-refractivity contribution is 5.76. The molecule has 17 heavy (non-hydrogen) atoms. The predicted octanol–water partition coefficient (Wildman–Crippen LogP) is 1.29. The Balaban J connectivity index is 2.14. The van der Waals surface area contributed by atoms with Crippen LogP contribution < -0.4 is 11.1 Å². The molecule has 0 bridgehead atoms. The van der Waals surface area contributed by atoms with Crippen molar-refractivity contribution in [3.8, 4) is 0 Å². The van der Waals surface area contributed by atoms with Crippen molar-refractivity contribution < 1.29 is 9.53 Å². The van der Waals surface area contributed by atoms with E-state index < -0.39 is 0 Å². The summed E-state index contributed by atoms with van der Waals surface area (Å²) >= 11 is 0.